The molecule has 0 aliphatic heterocycles. The number of halogens is 3. The highest BCUT2D eigenvalue weighted by Crippen LogP contribution is 2.19. The zero-order chi connectivity index (χ0) is 14.5. The number of rotatable bonds is 5. The summed E-state index contributed by atoms with van der Waals surface area (Å²) >= 11 is 0. The first-order valence-corrected chi connectivity index (χ1v) is 6.20. The van der Waals surface area contributed by atoms with Gasteiger partial charge in [-0.2, -0.15) is 0 Å². The van der Waals surface area contributed by atoms with Gasteiger partial charge in [-0.15, -0.1) is 0 Å². The molecule has 0 fully saturated rings. The first-order valence-electron chi connectivity index (χ1n) is 6.20. The van der Waals surface area contributed by atoms with Gasteiger partial charge in [0, 0.05) is 18.7 Å². The fraction of sp³-hybridized carbons (Fsp3) is 0.200. The van der Waals surface area contributed by atoms with E-state index in [1.54, 1.807) is 12.1 Å². The molecule has 2 rings (SSSR count). The lowest BCUT2D eigenvalue weighted by atomic mass is 10.2. The second kappa shape index (κ2) is 6.32. The van der Waals surface area contributed by atoms with E-state index in [1.165, 1.54) is 0 Å². The number of hydrogen-bond donors (Lipinski definition) is 1. The van der Waals surface area contributed by atoms with Crippen LogP contribution in [0.15, 0.2) is 36.4 Å². The summed E-state index contributed by atoms with van der Waals surface area (Å²) in [5.74, 6) is -2.36. The molecule has 0 radical (unpaired) electrons. The fourth-order valence-corrected chi connectivity index (χ4v) is 1.73. The van der Waals surface area contributed by atoms with Gasteiger partial charge in [-0.25, -0.2) is 13.2 Å². The van der Waals surface area contributed by atoms with E-state index in [2.05, 4.69) is 5.32 Å². The van der Waals surface area contributed by atoms with Crippen LogP contribution in [-0.4, -0.2) is 6.61 Å². The van der Waals surface area contributed by atoms with Crippen molar-refractivity contribution in [2.24, 2.45) is 0 Å². The molecule has 0 saturated heterocycles. The van der Waals surface area contributed by atoms with Gasteiger partial charge in [-0.05, 0) is 24.6 Å². The van der Waals surface area contributed by atoms with Gasteiger partial charge in [0.15, 0.2) is 11.6 Å². The molecule has 0 saturated carbocycles. The highest BCUT2D eigenvalue weighted by molar-refractivity contribution is 5.46. The minimum Gasteiger partial charge on any atom is -0.494 e. The monoisotopic (exact) mass is 281 g/mol. The molecular weight excluding hydrogens is 267 g/mol. The molecule has 0 aromatic heterocycles. The first kappa shape index (κ1) is 14.2. The van der Waals surface area contributed by atoms with Crippen LogP contribution < -0.4 is 10.1 Å². The van der Waals surface area contributed by atoms with E-state index in [0.717, 1.165) is 17.4 Å². The third-order valence-electron chi connectivity index (χ3n) is 2.73. The van der Waals surface area contributed by atoms with Gasteiger partial charge in [0.25, 0.3) is 0 Å². The zero-order valence-corrected chi connectivity index (χ0v) is 10.9. The Kier molecular flexibility index (Phi) is 4.50. The van der Waals surface area contributed by atoms with Crippen molar-refractivity contribution in [3.63, 3.8) is 0 Å². The van der Waals surface area contributed by atoms with Crippen LogP contribution in [0.25, 0.3) is 0 Å². The van der Waals surface area contributed by atoms with Gasteiger partial charge in [0.05, 0.1) is 12.3 Å². The van der Waals surface area contributed by atoms with Crippen LogP contribution in [0, 0.1) is 17.5 Å². The Morgan fingerprint density at radius 3 is 2.25 bits per heavy atom. The van der Waals surface area contributed by atoms with Gasteiger partial charge >= 0.3 is 0 Å². The predicted molar refractivity (Wildman–Crippen MR) is 71.3 cm³/mol. The Labute approximate surface area is 115 Å². The average molecular weight is 281 g/mol. The minimum atomic E-state index is -1.20. The Hall–Kier alpha value is -2.17. The van der Waals surface area contributed by atoms with Gasteiger partial charge < -0.3 is 10.1 Å². The van der Waals surface area contributed by atoms with Crippen molar-refractivity contribution >= 4 is 5.69 Å². The van der Waals surface area contributed by atoms with Crippen LogP contribution in [0.5, 0.6) is 5.75 Å². The van der Waals surface area contributed by atoms with Gasteiger partial charge in [0.2, 0.25) is 0 Å². The lowest BCUT2D eigenvalue weighted by molar-refractivity contribution is 0.340. The number of ether oxygens (including phenoxy) is 1. The molecule has 2 aromatic rings. The van der Waals surface area contributed by atoms with Crippen LogP contribution >= 0.6 is 0 Å². The summed E-state index contributed by atoms with van der Waals surface area (Å²) in [4.78, 5) is 0. The second-order valence-corrected chi connectivity index (χ2v) is 4.18. The Balaban J connectivity index is 2.03. The maximum absolute atomic E-state index is 13.4. The molecular formula is C15H14F3NO. The van der Waals surface area contributed by atoms with Crippen LogP contribution in [0.3, 0.4) is 0 Å². The Morgan fingerprint density at radius 2 is 1.60 bits per heavy atom. The van der Waals surface area contributed by atoms with E-state index in [4.69, 9.17) is 4.74 Å². The minimum absolute atomic E-state index is 0.0715. The van der Waals surface area contributed by atoms with Gasteiger partial charge in [-0.1, -0.05) is 12.1 Å². The van der Waals surface area contributed by atoms with E-state index in [9.17, 15) is 13.2 Å². The van der Waals surface area contributed by atoms with E-state index >= 15 is 0 Å². The lowest BCUT2D eigenvalue weighted by Crippen LogP contribution is -2.03. The molecule has 0 spiro atoms. The van der Waals surface area contributed by atoms with Crippen molar-refractivity contribution in [2.45, 2.75) is 13.5 Å². The highest BCUT2D eigenvalue weighted by Gasteiger charge is 2.09. The Morgan fingerprint density at radius 1 is 0.950 bits per heavy atom. The maximum atomic E-state index is 13.4. The van der Waals surface area contributed by atoms with Crippen molar-refractivity contribution in [1.82, 2.24) is 0 Å². The summed E-state index contributed by atoms with van der Waals surface area (Å²) in [5, 5.41) is 2.73. The third-order valence-corrected chi connectivity index (χ3v) is 2.73. The van der Waals surface area contributed by atoms with Crippen LogP contribution in [0.2, 0.25) is 0 Å². The van der Waals surface area contributed by atoms with Crippen molar-refractivity contribution in [3.8, 4) is 5.75 Å². The quantitative estimate of drug-likeness (QED) is 0.833. The number of anilines is 1. The summed E-state index contributed by atoms with van der Waals surface area (Å²) in [6, 6.07) is 8.55. The standard InChI is InChI=1S/C15H14F3NO/c1-2-20-11-5-3-10(4-6-11)9-19-15-8-13(17)12(16)7-14(15)18/h3-8,19H,2,9H2,1H3. The fourth-order valence-electron chi connectivity index (χ4n) is 1.73. The predicted octanol–water partition coefficient (Wildman–Crippen LogP) is 4.11. The molecule has 0 amide bonds. The highest BCUT2D eigenvalue weighted by atomic mass is 19.2. The SMILES string of the molecule is CCOc1ccc(CNc2cc(F)c(F)cc2F)cc1. The summed E-state index contributed by atoms with van der Waals surface area (Å²) in [5.41, 5.74) is 0.801. The number of benzene rings is 2. The van der Waals surface area contributed by atoms with Crippen molar-refractivity contribution in [2.75, 3.05) is 11.9 Å². The second-order valence-electron chi connectivity index (χ2n) is 4.18. The molecule has 2 nitrogen and oxygen atoms in total. The Bertz CT molecular complexity index is 584. The normalized spacial score (nSPS) is 10.4. The molecule has 0 aliphatic carbocycles. The van der Waals surface area contributed by atoms with Crippen molar-refractivity contribution in [3.05, 3.63) is 59.4 Å². The van der Waals surface area contributed by atoms with Crippen molar-refractivity contribution < 1.29 is 17.9 Å². The van der Waals surface area contributed by atoms with Crippen LogP contribution in [0.1, 0.15) is 12.5 Å². The van der Waals surface area contributed by atoms with Crippen LogP contribution in [-0.2, 0) is 6.54 Å². The van der Waals surface area contributed by atoms with E-state index in [0.29, 0.717) is 19.2 Å². The number of nitrogens with one attached hydrogen (secondary N) is 1. The smallest absolute Gasteiger partial charge is 0.161 e. The molecule has 0 aliphatic rings. The molecule has 2 aromatic carbocycles. The summed E-state index contributed by atoms with van der Waals surface area (Å²) in [6.07, 6.45) is 0. The lowest BCUT2D eigenvalue weighted by Gasteiger charge is -2.09. The van der Waals surface area contributed by atoms with E-state index < -0.39 is 17.5 Å². The summed E-state index contributed by atoms with van der Waals surface area (Å²) in [7, 11) is 0. The van der Waals surface area contributed by atoms with E-state index in [-0.39, 0.29) is 5.69 Å². The first-order chi connectivity index (χ1) is 9.60. The largest absolute Gasteiger partial charge is 0.494 e. The summed E-state index contributed by atoms with van der Waals surface area (Å²) < 4.78 is 44.5. The van der Waals surface area contributed by atoms with Gasteiger partial charge in [0.1, 0.15) is 11.6 Å². The third kappa shape index (κ3) is 3.44. The van der Waals surface area contributed by atoms with Gasteiger partial charge in [-0.3, -0.25) is 0 Å². The molecule has 0 unspecified atom stereocenters. The van der Waals surface area contributed by atoms with Crippen molar-refractivity contribution in [1.29, 1.82) is 0 Å². The van der Waals surface area contributed by atoms with E-state index in [1.807, 2.05) is 19.1 Å². The molecule has 106 valence electrons. The summed E-state index contributed by atoms with van der Waals surface area (Å²) in [6.45, 7) is 2.77. The topological polar surface area (TPSA) is 21.3 Å². The molecule has 0 heterocycles. The molecule has 5 heteroatoms. The molecule has 20 heavy (non-hydrogen) atoms. The maximum Gasteiger partial charge on any atom is 0.161 e. The molecule has 0 bridgehead atoms. The molecule has 0 atom stereocenters. The number of hydrogen-bond acceptors (Lipinski definition) is 2. The molecule has 1 N–H and O–H groups in total. The zero-order valence-electron chi connectivity index (χ0n) is 10.9. The average Bonchev–Trinajstić information content (AvgIpc) is 2.43. The van der Waals surface area contributed by atoms with Crippen LogP contribution in [0.4, 0.5) is 18.9 Å².